The third-order valence-electron chi connectivity index (χ3n) is 1.82. The number of rotatable bonds is 1. The second-order valence-electron chi connectivity index (χ2n) is 2.73. The molecule has 0 aliphatic rings. The fraction of sp³-hybridized carbons (Fsp3) is 0. The number of benzene rings is 1. The van der Waals surface area contributed by atoms with Crippen molar-refractivity contribution in [2.75, 3.05) is 5.73 Å². The summed E-state index contributed by atoms with van der Waals surface area (Å²) in [6.07, 6.45) is 0. The lowest BCUT2D eigenvalue weighted by molar-refractivity contribution is 1.66. The highest BCUT2D eigenvalue weighted by atomic mass is 35.5. The molecule has 0 aliphatic carbocycles. The SMILES string of the molecule is Nc1cccc(-c2ccsc2Cl)c1. The molecule has 1 aromatic carbocycles. The quantitative estimate of drug-likeness (QED) is 0.713. The first kappa shape index (κ1) is 8.60. The average Bonchev–Trinajstić information content (AvgIpc) is 2.51. The van der Waals surface area contributed by atoms with Gasteiger partial charge in [-0.05, 0) is 29.1 Å². The highest BCUT2D eigenvalue weighted by Crippen LogP contribution is 2.32. The van der Waals surface area contributed by atoms with Crippen molar-refractivity contribution < 1.29 is 0 Å². The Hall–Kier alpha value is -0.990. The van der Waals surface area contributed by atoms with Crippen molar-refractivity contribution in [1.29, 1.82) is 0 Å². The van der Waals surface area contributed by atoms with Crippen LogP contribution >= 0.6 is 22.9 Å². The van der Waals surface area contributed by atoms with Gasteiger partial charge in [-0.3, -0.25) is 0 Å². The maximum absolute atomic E-state index is 6.00. The number of nitrogens with two attached hydrogens (primary N) is 1. The Bertz CT molecular complexity index is 422. The van der Waals surface area contributed by atoms with Crippen molar-refractivity contribution in [2.24, 2.45) is 0 Å². The first-order valence-corrected chi connectivity index (χ1v) is 5.12. The minimum Gasteiger partial charge on any atom is -0.399 e. The van der Waals surface area contributed by atoms with Gasteiger partial charge in [0.1, 0.15) is 4.34 Å². The molecular weight excluding hydrogens is 202 g/mol. The molecule has 1 heterocycles. The van der Waals surface area contributed by atoms with Gasteiger partial charge >= 0.3 is 0 Å². The van der Waals surface area contributed by atoms with Gasteiger partial charge in [-0.15, -0.1) is 11.3 Å². The molecule has 0 saturated carbocycles. The Morgan fingerprint density at radius 1 is 1.23 bits per heavy atom. The Labute approximate surface area is 85.8 Å². The van der Waals surface area contributed by atoms with Gasteiger partial charge in [-0.1, -0.05) is 23.7 Å². The van der Waals surface area contributed by atoms with E-state index in [4.69, 9.17) is 17.3 Å². The summed E-state index contributed by atoms with van der Waals surface area (Å²) in [5.74, 6) is 0. The Morgan fingerprint density at radius 3 is 2.69 bits per heavy atom. The lowest BCUT2D eigenvalue weighted by Gasteiger charge is -1.99. The average molecular weight is 210 g/mol. The van der Waals surface area contributed by atoms with Gasteiger partial charge in [0.05, 0.1) is 0 Å². The van der Waals surface area contributed by atoms with Gasteiger partial charge in [0, 0.05) is 11.3 Å². The molecule has 2 N–H and O–H groups in total. The minimum absolute atomic E-state index is 0.764. The van der Waals surface area contributed by atoms with Crippen molar-refractivity contribution in [3.05, 3.63) is 40.0 Å². The molecule has 0 bridgehead atoms. The van der Waals surface area contributed by atoms with E-state index in [2.05, 4.69) is 0 Å². The van der Waals surface area contributed by atoms with Crippen LogP contribution in [0.4, 0.5) is 5.69 Å². The molecule has 0 spiro atoms. The van der Waals surface area contributed by atoms with Crippen molar-refractivity contribution in [2.45, 2.75) is 0 Å². The van der Waals surface area contributed by atoms with Crippen molar-refractivity contribution >= 4 is 28.6 Å². The van der Waals surface area contributed by atoms with Crippen LogP contribution in [-0.2, 0) is 0 Å². The summed E-state index contributed by atoms with van der Waals surface area (Å²) in [6, 6.07) is 9.72. The summed E-state index contributed by atoms with van der Waals surface area (Å²) < 4.78 is 0.811. The molecule has 1 aromatic heterocycles. The Balaban J connectivity index is 2.53. The van der Waals surface area contributed by atoms with Gasteiger partial charge < -0.3 is 5.73 Å². The summed E-state index contributed by atoms with van der Waals surface area (Å²) in [7, 11) is 0. The topological polar surface area (TPSA) is 26.0 Å². The summed E-state index contributed by atoms with van der Waals surface area (Å²) in [6.45, 7) is 0. The van der Waals surface area contributed by atoms with E-state index in [0.29, 0.717) is 0 Å². The fourth-order valence-corrected chi connectivity index (χ4v) is 2.17. The Morgan fingerprint density at radius 2 is 2.08 bits per heavy atom. The van der Waals surface area contributed by atoms with Crippen molar-refractivity contribution in [1.82, 2.24) is 0 Å². The summed E-state index contributed by atoms with van der Waals surface area (Å²) >= 11 is 7.53. The van der Waals surface area contributed by atoms with Crippen LogP contribution in [0.25, 0.3) is 11.1 Å². The van der Waals surface area contributed by atoms with Crippen LogP contribution in [0.1, 0.15) is 0 Å². The number of halogens is 1. The van der Waals surface area contributed by atoms with Crippen LogP contribution < -0.4 is 5.73 Å². The summed E-state index contributed by atoms with van der Waals surface area (Å²) in [5, 5.41) is 1.97. The number of hydrogen-bond acceptors (Lipinski definition) is 2. The van der Waals surface area contributed by atoms with Gasteiger partial charge in [0.25, 0.3) is 0 Å². The van der Waals surface area contributed by atoms with Crippen LogP contribution in [-0.4, -0.2) is 0 Å². The standard InChI is InChI=1S/C10H8ClNS/c11-10-9(4-5-13-10)7-2-1-3-8(12)6-7/h1-6H,12H2. The molecule has 0 saturated heterocycles. The molecule has 13 heavy (non-hydrogen) atoms. The molecule has 0 aliphatic heterocycles. The number of thiophene rings is 1. The lowest BCUT2D eigenvalue weighted by Crippen LogP contribution is -1.83. The van der Waals surface area contributed by atoms with Crippen LogP contribution in [0.5, 0.6) is 0 Å². The van der Waals surface area contributed by atoms with Crippen LogP contribution in [0.3, 0.4) is 0 Å². The second kappa shape index (κ2) is 3.40. The maximum atomic E-state index is 6.00. The van der Waals surface area contributed by atoms with E-state index in [0.717, 1.165) is 21.2 Å². The van der Waals surface area contributed by atoms with E-state index in [1.54, 1.807) is 0 Å². The first-order valence-electron chi connectivity index (χ1n) is 3.86. The van der Waals surface area contributed by atoms with Crippen LogP contribution in [0, 0.1) is 0 Å². The summed E-state index contributed by atoms with van der Waals surface area (Å²) in [4.78, 5) is 0. The first-order chi connectivity index (χ1) is 6.27. The predicted molar refractivity (Wildman–Crippen MR) is 59.2 cm³/mol. The molecule has 1 nitrogen and oxygen atoms in total. The van der Waals surface area contributed by atoms with E-state index in [9.17, 15) is 0 Å². The van der Waals surface area contributed by atoms with Gasteiger partial charge in [-0.25, -0.2) is 0 Å². The van der Waals surface area contributed by atoms with Gasteiger partial charge in [-0.2, -0.15) is 0 Å². The number of nitrogen functional groups attached to an aromatic ring is 1. The van der Waals surface area contributed by atoms with E-state index in [-0.39, 0.29) is 0 Å². The molecule has 2 aromatic rings. The highest BCUT2D eigenvalue weighted by molar-refractivity contribution is 7.15. The number of anilines is 1. The zero-order chi connectivity index (χ0) is 9.26. The summed E-state index contributed by atoms with van der Waals surface area (Å²) in [5.41, 5.74) is 8.57. The van der Waals surface area contributed by atoms with Gasteiger partial charge in [0.2, 0.25) is 0 Å². The second-order valence-corrected chi connectivity index (χ2v) is 4.25. The van der Waals surface area contributed by atoms with E-state index in [1.807, 2.05) is 35.7 Å². The van der Waals surface area contributed by atoms with Gasteiger partial charge in [0.15, 0.2) is 0 Å². The molecule has 3 heteroatoms. The third kappa shape index (κ3) is 1.69. The third-order valence-corrected chi connectivity index (χ3v) is 2.99. The Kier molecular flexibility index (Phi) is 2.25. The minimum atomic E-state index is 0.764. The zero-order valence-corrected chi connectivity index (χ0v) is 8.40. The highest BCUT2D eigenvalue weighted by Gasteiger charge is 2.03. The molecule has 66 valence electrons. The molecule has 2 rings (SSSR count). The van der Waals surface area contributed by atoms with Crippen LogP contribution in [0.15, 0.2) is 35.7 Å². The fourth-order valence-electron chi connectivity index (χ4n) is 1.21. The van der Waals surface area contributed by atoms with Crippen LogP contribution in [0.2, 0.25) is 4.34 Å². The van der Waals surface area contributed by atoms with Crippen molar-refractivity contribution in [3.8, 4) is 11.1 Å². The largest absolute Gasteiger partial charge is 0.399 e. The lowest BCUT2D eigenvalue weighted by atomic mass is 10.1. The molecule has 0 radical (unpaired) electrons. The van der Waals surface area contributed by atoms with Crippen molar-refractivity contribution in [3.63, 3.8) is 0 Å². The maximum Gasteiger partial charge on any atom is 0.101 e. The van der Waals surface area contributed by atoms with E-state index >= 15 is 0 Å². The smallest absolute Gasteiger partial charge is 0.101 e. The zero-order valence-electron chi connectivity index (χ0n) is 6.83. The number of hydrogen-bond donors (Lipinski definition) is 1. The predicted octanol–water partition coefficient (Wildman–Crippen LogP) is 3.65. The molecule has 0 fully saturated rings. The molecule has 0 unspecified atom stereocenters. The van der Waals surface area contributed by atoms with E-state index in [1.165, 1.54) is 11.3 Å². The molecule has 0 atom stereocenters. The van der Waals surface area contributed by atoms with E-state index < -0.39 is 0 Å². The normalized spacial score (nSPS) is 10.2. The monoisotopic (exact) mass is 209 g/mol. The molecular formula is C10H8ClNS. The molecule has 0 amide bonds.